The number of rotatable bonds is 4. The van der Waals surface area contributed by atoms with E-state index in [-0.39, 0.29) is 0 Å². The lowest BCUT2D eigenvalue weighted by molar-refractivity contribution is 1.07. The summed E-state index contributed by atoms with van der Waals surface area (Å²) in [7, 11) is 0. The fourth-order valence-electron chi connectivity index (χ4n) is 8.53. The highest BCUT2D eigenvalue weighted by atomic mass is 32.1. The summed E-state index contributed by atoms with van der Waals surface area (Å²) >= 11 is 1.82. The minimum Gasteiger partial charge on any atom is -0.308 e. The number of aromatic nitrogens is 4. The fraction of sp³-hybridized carbons (Fsp3) is 0. The van der Waals surface area contributed by atoms with Gasteiger partial charge in [0.05, 0.1) is 22.3 Å². The van der Waals surface area contributed by atoms with Crippen molar-refractivity contribution in [3.63, 3.8) is 0 Å². The molecule has 0 atom stereocenters. The predicted octanol–water partition coefficient (Wildman–Crippen LogP) is 13.8. The largest absolute Gasteiger partial charge is 0.308 e. The molecule has 0 saturated carbocycles. The van der Waals surface area contributed by atoms with Crippen LogP contribution in [0.15, 0.2) is 182 Å². The number of fused-ring (bicyclic) bond motifs is 9. The second-order valence-electron chi connectivity index (χ2n) is 14.4. The van der Waals surface area contributed by atoms with Crippen molar-refractivity contribution in [1.29, 1.82) is 0 Å². The average Bonchev–Trinajstić information content (AvgIpc) is 3.78. The normalized spacial score (nSPS) is 11.9. The zero-order valence-electron chi connectivity index (χ0n) is 30.0. The Labute approximate surface area is 325 Å². The summed E-state index contributed by atoms with van der Waals surface area (Å²) in [5, 5.41) is 11.9. The summed E-state index contributed by atoms with van der Waals surface area (Å²) in [6.45, 7) is 0. The van der Waals surface area contributed by atoms with Gasteiger partial charge in [0.25, 0.3) is 0 Å². The molecule has 5 heteroatoms. The molecule has 260 valence electrons. The van der Waals surface area contributed by atoms with Gasteiger partial charge in [-0.3, -0.25) is 0 Å². The zero-order valence-corrected chi connectivity index (χ0v) is 30.8. The minimum absolute atomic E-state index is 0.639. The van der Waals surface area contributed by atoms with E-state index < -0.39 is 0 Å². The van der Waals surface area contributed by atoms with E-state index >= 15 is 0 Å². The van der Waals surface area contributed by atoms with Gasteiger partial charge in [0.2, 0.25) is 0 Å². The topological polar surface area (TPSA) is 43.6 Å². The number of hydrogen-bond acceptors (Lipinski definition) is 4. The van der Waals surface area contributed by atoms with E-state index in [0.29, 0.717) is 17.5 Å². The lowest BCUT2D eigenvalue weighted by atomic mass is 10.0. The Bertz CT molecular complexity index is 3540. The maximum atomic E-state index is 5.45. The molecule has 0 fully saturated rings. The predicted molar refractivity (Wildman–Crippen MR) is 236 cm³/mol. The van der Waals surface area contributed by atoms with Crippen LogP contribution in [0.3, 0.4) is 0 Å². The van der Waals surface area contributed by atoms with Crippen molar-refractivity contribution in [3.8, 4) is 39.9 Å². The van der Waals surface area contributed by atoms with Crippen molar-refractivity contribution < 1.29 is 0 Å². The molecule has 3 aromatic heterocycles. The fourth-order valence-corrected chi connectivity index (χ4v) is 9.68. The van der Waals surface area contributed by atoms with E-state index in [0.717, 1.165) is 44.2 Å². The highest BCUT2D eigenvalue weighted by molar-refractivity contribution is 7.26. The molecule has 12 aromatic rings. The van der Waals surface area contributed by atoms with Crippen LogP contribution in [-0.4, -0.2) is 19.5 Å². The molecule has 0 saturated heterocycles. The maximum Gasteiger partial charge on any atom is 0.166 e. The number of thiophene rings is 1. The van der Waals surface area contributed by atoms with Gasteiger partial charge in [0.1, 0.15) is 0 Å². The lowest BCUT2D eigenvalue weighted by Crippen LogP contribution is -2.04. The van der Waals surface area contributed by atoms with Gasteiger partial charge < -0.3 is 4.57 Å². The molecule has 0 aliphatic rings. The standard InChI is InChI=1S/C51H30N4S/c1-2-13-32(14-3-1)49-52-50(38-23-22-31-12-4-5-15-33(31)26-38)54-51(53-49)48-43(24-25-45-47(48)41-28-35-17-7-9-19-37(35)30-46(41)56-45)55-42-21-11-10-20-39(42)40-27-34-16-6-8-18-36(34)29-44(40)55/h1-30H. The van der Waals surface area contributed by atoms with Crippen LogP contribution in [0.5, 0.6) is 0 Å². The van der Waals surface area contributed by atoms with E-state index in [4.69, 9.17) is 15.0 Å². The smallest absolute Gasteiger partial charge is 0.166 e. The van der Waals surface area contributed by atoms with Gasteiger partial charge in [-0.1, -0.05) is 133 Å². The molecule has 4 nitrogen and oxygen atoms in total. The first kappa shape index (κ1) is 31.2. The van der Waals surface area contributed by atoms with Crippen LogP contribution in [0.1, 0.15) is 0 Å². The molecular weight excluding hydrogens is 701 g/mol. The number of benzene rings is 9. The van der Waals surface area contributed by atoms with E-state index in [2.05, 4.69) is 168 Å². The average molecular weight is 731 g/mol. The molecule has 56 heavy (non-hydrogen) atoms. The van der Waals surface area contributed by atoms with Crippen LogP contribution in [-0.2, 0) is 0 Å². The van der Waals surface area contributed by atoms with Crippen molar-refractivity contribution in [2.45, 2.75) is 0 Å². The molecule has 0 aliphatic heterocycles. The summed E-state index contributed by atoms with van der Waals surface area (Å²) in [6, 6.07) is 65.1. The summed E-state index contributed by atoms with van der Waals surface area (Å²) in [5.74, 6) is 1.92. The van der Waals surface area contributed by atoms with Gasteiger partial charge >= 0.3 is 0 Å². The second-order valence-corrected chi connectivity index (χ2v) is 15.5. The molecule has 0 bridgehead atoms. The number of nitrogens with zero attached hydrogens (tertiary/aromatic N) is 4. The number of para-hydroxylation sites is 1. The first-order valence-corrected chi connectivity index (χ1v) is 19.7. The Hall–Kier alpha value is -7.21. The molecule has 0 aliphatic carbocycles. The van der Waals surface area contributed by atoms with Crippen LogP contribution < -0.4 is 0 Å². The summed E-state index contributed by atoms with van der Waals surface area (Å²) in [6.07, 6.45) is 0. The molecule has 0 N–H and O–H groups in total. The summed E-state index contributed by atoms with van der Waals surface area (Å²) in [4.78, 5) is 16.0. The van der Waals surface area contributed by atoms with E-state index in [1.54, 1.807) is 0 Å². The molecule has 0 unspecified atom stereocenters. The van der Waals surface area contributed by atoms with E-state index in [9.17, 15) is 0 Å². The van der Waals surface area contributed by atoms with Crippen molar-refractivity contribution >= 4 is 85.6 Å². The van der Waals surface area contributed by atoms with Gasteiger partial charge in [-0.05, 0) is 80.8 Å². The van der Waals surface area contributed by atoms with Crippen molar-refractivity contribution in [2.75, 3.05) is 0 Å². The third-order valence-corrected chi connectivity index (χ3v) is 12.3. The second kappa shape index (κ2) is 12.2. The summed E-state index contributed by atoms with van der Waals surface area (Å²) in [5.41, 5.74) is 6.18. The zero-order chi connectivity index (χ0) is 36.7. The minimum atomic E-state index is 0.639. The van der Waals surface area contributed by atoms with Gasteiger partial charge in [0, 0.05) is 42.1 Å². The highest BCUT2D eigenvalue weighted by Gasteiger charge is 2.24. The monoisotopic (exact) mass is 730 g/mol. The van der Waals surface area contributed by atoms with Gasteiger partial charge in [-0.2, -0.15) is 0 Å². The Balaban J connectivity index is 1.25. The van der Waals surface area contributed by atoms with E-state index in [1.807, 2.05) is 29.5 Å². The first-order valence-electron chi connectivity index (χ1n) is 18.8. The van der Waals surface area contributed by atoms with E-state index in [1.165, 1.54) is 52.5 Å². The van der Waals surface area contributed by atoms with Gasteiger partial charge in [-0.15, -0.1) is 11.3 Å². The molecule has 9 aromatic carbocycles. The SMILES string of the molecule is c1ccc(-c2nc(-c3ccc4ccccc4c3)nc(-c3c(-n4c5ccccc5c5cc6ccccc6cc54)ccc4sc5cc6ccccc6cc5c34)n2)cc1. The van der Waals surface area contributed by atoms with Crippen LogP contribution in [0.4, 0.5) is 0 Å². The summed E-state index contributed by atoms with van der Waals surface area (Å²) < 4.78 is 4.85. The molecule has 0 spiro atoms. The van der Waals surface area contributed by atoms with Gasteiger partial charge in [-0.25, -0.2) is 15.0 Å². The Morgan fingerprint density at radius 3 is 1.71 bits per heavy atom. The van der Waals surface area contributed by atoms with Crippen LogP contribution in [0, 0.1) is 0 Å². The molecule has 3 heterocycles. The third kappa shape index (κ3) is 4.81. The third-order valence-electron chi connectivity index (χ3n) is 11.2. The molecule has 0 radical (unpaired) electrons. The lowest BCUT2D eigenvalue weighted by Gasteiger charge is -2.16. The van der Waals surface area contributed by atoms with Crippen LogP contribution in [0.25, 0.3) is 114 Å². The highest BCUT2D eigenvalue weighted by Crippen LogP contribution is 2.46. The molecule has 12 rings (SSSR count). The van der Waals surface area contributed by atoms with Crippen molar-refractivity contribution in [1.82, 2.24) is 19.5 Å². The van der Waals surface area contributed by atoms with Crippen LogP contribution in [0.2, 0.25) is 0 Å². The maximum absolute atomic E-state index is 5.45. The molecular formula is C51H30N4S. The van der Waals surface area contributed by atoms with Gasteiger partial charge in [0.15, 0.2) is 17.5 Å². The number of hydrogen-bond donors (Lipinski definition) is 0. The quantitative estimate of drug-likeness (QED) is 0.181. The Morgan fingerprint density at radius 1 is 0.357 bits per heavy atom. The first-order chi connectivity index (χ1) is 27.7. The van der Waals surface area contributed by atoms with Crippen LogP contribution >= 0.6 is 11.3 Å². The molecule has 0 amide bonds. The van der Waals surface area contributed by atoms with Crippen molar-refractivity contribution in [2.24, 2.45) is 0 Å². The van der Waals surface area contributed by atoms with Crippen molar-refractivity contribution in [3.05, 3.63) is 182 Å². The Kier molecular flexibility index (Phi) is 6.76. The Morgan fingerprint density at radius 2 is 0.946 bits per heavy atom.